The molecule has 0 atom stereocenters. The molecule has 0 saturated heterocycles. The van der Waals surface area contributed by atoms with E-state index in [9.17, 15) is 4.79 Å². The highest BCUT2D eigenvalue weighted by Gasteiger charge is 2.19. The fourth-order valence-corrected chi connectivity index (χ4v) is 0.599. The van der Waals surface area contributed by atoms with Gasteiger partial charge in [-0.1, -0.05) is 27.2 Å². The van der Waals surface area contributed by atoms with Gasteiger partial charge in [0.25, 0.3) is 0 Å². The summed E-state index contributed by atoms with van der Waals surface area (Å²) in [5.74, 6) is 0. The number of aliphatic hydroxyl groups is 1. The van der Waals surface area contributed by atoms with Crippen LogP contribution in [-0.4, -0.2) is 31.1 Å². The Hall–Kier alpha value is -0.770. The minimum Gasteiger partial charge on any atom is -0.434 e. The predicted octanol–water partition coefficient (Wildman–Crippen LogP) is 1.77. The number of ether oxygens (including phenoxy) is 2. The molecule has 0 amide bonds. The van der Waals surface area contributed by atoms with Crippen LogP contribution in [0.25, 0.3) is 0 Å². The molecular formula is C10H19O4. The second-order valence-corrected chi connectivity index (χ2v) is 3.92. The van der Waals surface area contributed by atoms with E-state index in [4.69, 9.17) is 14.6 Å². The Bertz CT molecular complexity index is 166. The minimum absolute atomic E-state index is 0.0286. The number of carbonyl (C=O) groups excluding carboxylic acids is 1. The van der Waals surface area contributed by atoms with E-state index in [0.717, 1.165) is 12.8 Å². The number of unbranched alkanes of at least 4 members (excludes halogenated alkanes) is 1. The third-order valence-corrected chi connectivity index (χ3v) is 1.62. The average molecular weight is 203 g/mol. The summed E-state index contributed by atoms with van der Waals surface area (Å²) in [6.45, 7) is 7.69. The first kappa shape index (κ1) is 13.2. The van der Waals surface area contributed by atoms with Crippen molar-refractivity contribution in [2.45, 2.75) is 26.7 Å². The van der Waals surface area contributed by atoms with Crippen LogP contribution in [0.4, 0.5) is 4.79 Å². The van der Waals surface area contributed by atoms with Gasteiger partial charge in [-0.3, -0.25) is 0 Å². The molecule has 4 heteroatoms. The van der Waals surface area contributed by atoms with Gasteiger partial charge < -0.3 is 14.6 Å². The van der Waals surface area contributed by atoms with Crippen LogP contribution < -0.4 is 0 Å². The number of hydrogen-bond donors (Lipinski definition) is 1. The molecule has 0 aliphatic heterocycles. The van der Waals surface area contributed by atoms with Gasteiger partial charge in [-0.05, 0) is 6.42 Å². The molecule has 0 unspecified atom stereocenters. The Kier molecular flexibility index (Phi) is 6.28. The maximum Gasteiger partial charge on any atom is 0.508 e. The topological polar surface area (TPSA) is 55.8 Å². The van der Waals surface area contributed by atoms with E-state index in [0.29, 0.717) is 6.61 Å². The van der Waals surface area contributed by atoms with Crippen LogP contribution in [0.5, 0.6) is 0 Å². The van der Waals surface area contributed by atoms with E-state index >= 15 is 0 Å². The molecule has 0 fully saturated rings. The van der Waals surface area contributed by atoms with Crippen molar-refractivity contribution < 1.29 is 19.4 Å². The lowest BCUT2D eigenvalue weighted by Gasteiger charge is -2.20. The summed E-state index contributed by atoms with van der Waals surface area (Å²) in [7, 11) is 0. The molecule has 0 aliphatic carbocycles. The first-order valence-corrected chi connectivity index (χ1v) is 4.71. The molecule has 14 heavy (non-hydrogen) atoms. The molecule has 0 heterocycles. The molecule has 83 valence electrons. The van der Waals surface area contributed by atoms with Gasteiger partial charge in [0, 0.05) is 5.41 Å². The monoisotopic (exact) mass is 203 g/mol. The molecule has 0 aromatic heterocycles. The van der Waals surface area contributed by atoms with Gasteiger partial charge in [-0.25, -0.2) is 4.79 Å². The van der Waals surface area contributed by atoms with Crippen molar-refractivity contribution >= 4 is 6.16 Å². The Morgan fingerprint density at radius 3 is 2.57 bits per heavy atom. The normalized spacial score (nSPS) is 11.1. The third kappa shape index (κ3) is 6.71. The fraction of sp³-hybridized carbons (Fsp3) is 0.800. The molecule has 0 rings (SSSR count). The van der Waals surface area contributed by atoms with Crippen LogP contribution in [0.1, 0.15) is 26.7 Å². The Labute approximate surface area is 85.2 Å². The van der Waals surface area contributed by atoms with Crippen molar-refractivity contribution in [1.29, 1.82) is 0 Å². The van der Waals surface area contributed by atoms with E-state index in [1.165, 1.54) is 0 Å². The van der Waals surface area contributed by atoms with Crippen molar-refractivity contribution in [3.05, 3.63) is 6.92 Å². The van der Waals surface area contributed by atoms with E-state index in [2.05, 4.69) is 6.92 Å². The van der Waals surface area contributed by atoms with Crippen LogP contribution in [0.3, 0.4) is 0 Å². The van der Waals surface area contributed by atoms with Gasteiger partial charge in [-0.2, -0.15) is 0 Å². The molecule has 0 aliphatic rings. The second-order valence-electron chi connectivity index (χ2n) is 3.92. The Balaban J connectivity index is 3.53. The Morgan fingerprint density at radius 1 is 1.43 bits per heavy atom. The van der Waals surface area contributed by atoms with E-state index < -0.39 is 11.6 Å². The second kappa shape index (κ2) is 6.65. The van der Waals surface area contributed by atoms with Gasteiger partial charge in [0.05, 0.1) is 13.2 Å². The van der Waals surface area contributed by atoms with Gasteiger partial charge in [0.1, 0.15) is 6.61 Å². The van der Waals surface area contributed by atoms with Crippen molar-refractivity contribution in [2.24, 2.45) is 5.41 Å². The summed E-state index contributed by atoms with van der Waals surface area (Å²) < 4.78 is 9.54. The van der Waals surface area contributed by atoms with Crippen molar-refractivity contribution in [1.82, 2.24) is 0 Å². The largest absolute Gasteiger partial charge is 0.508 e. The maximum absolute atomic E-state index is 10.9. The van der Waals surface area contributed by atoms with Gasteiger partial charge >= 0.3 is 6.16 Å². The van der Waals surface area contributed by atoms with Crippen molar-refractivity contribution in [3.8, 4) is 0 Å². The molecule has 0 aromatic carbocycles. The highest BCUT2D eigenvalue weighted by atomic mass is 16.7. The molecule has 4 nitrogen and oxygen atoms in total. The summed E-state index contributed by atoms with van der Waals surface area (Å²) in [4.78, 5) is 10.9. The van der Waals surface area contributed by atoms with Crippen molar-refractivity contribution in [2.75, 3.05) is 19.8 Å². The summed E-state index contributed by atoms with van der Waals surface area (Å²) in [6.07, 6.45) is 0.786. The number of rotatable bonds is 6. The highest BCUT2D eigenvalue weighted by molar-refractivity contribution is 5.59. The van der Waals surface area contributed by atoms with E-state index in [1.54, 1.807) is 13.8 Å². The first-order valence-electron chi connectivity index (χ1n) is 4.71. The lowest BCUT2D eigenvalue weighted by molar-refractivity contribution is 0.0136. The lowest BCUT2D eigenvalue weighted by Crippen LogP contribution is -2.25. The average Bonchev–Trinajstić information content (AvgIpc) is 2.16. The van der Waals surface area contributed by atoms with Crippen LogP contribution in [-0.2, 0) is 9.47 Å². The molecule has 1 N–H and O–H groups in total. The number of hydrogen-bond acceptors (Lipinski definition) is 4. The zero-order valence-corrected chi connectivity index (χ0v) is 8.91. The summed E-state index contributed by atoms with van der Waals surface area (Å²) in [6, 6.07) is 0. The minimum atomic E-state index is -0.681. The van der Waals surface area contributed by atoms with Crippen molar-refractivity contribution in [3.63, 3.8) is 0 Å². The SMILES string of the molecule is [CH2]CCCOC(=O)OCC(C)(C)CO. The molecule has 0 aromatic rings. The Morgan fingerprint density at radius 2 is 2.07 bits per heavy atom. The van der Waals surface area contributed by atoms with Gasteiger partial charge in [0.15, 0.2) is 0 Å². The van der Waals surface area contributed by atoms with Crippen LogP contribution in [0.2, 0.25) is 0 Å². The maximum atomic E-state index is 10.9. The molecular weight excluding hydrogens is 184 g/mol. The number of aliphatic hydroxyl groups excluding tert-OH is 1. The fourth-order valence-electron chi connectivity index (χ4n) is 0.599. The number of carbonyl (C=O) groups is 1. The van der Waals surface area contributed by atoms with E-state index in [1.807, 2.05) is 0 Å². The van der Waals surface area contributed by atoms with Crippen LogP contribution in [0, 0.1) is 12.3 Å². The molecule has 1 radical (unpaired) electrons. The smallest absolute Gasteiger partial charge is 0.434 e. The molecule has 0 spiro atoms. The summed E-state index contributed by atoms with van der Waals surface area (Å²) >= 11 is 0. The van der Waals surface area contributed by atoms with Gasteiger partial charge in [0.2, 0.25) is 0 Å². The predicted molar refractivity (Wildman–Crippen MR) is 52.8 cm³/mol. The first-order chi connectivity index (χ1) is 6.52. The summed E-state index contributed by atoms with van der Waals surface area (Å²) in [5, 5.41) is 8.88. The van der Waals surface area contributed by atoms with Crippen LogP contribution >= 0.6 is 0 Å². The quantitative estimate of drug-likeness (QED) is 0.528. The van der Waals surface area contributed by atoms with E-state index in [-0.39, 0.29) is 13.2 Å². The lowest BCUT2D eigenvalue weighted by atomic mass is 9.97. The zero-order valence-electron chi connectivity index (χ0n) is 8.91. The highest BCUT2D eigenvalue weighted by Crippen LogP contribution is 2.13. The third-order valence-electron chi connectivity index (χ3n) is 1.62. The van der Waals surface area contributed by atoms with Gasteiger partial charge in [-0.15, -0.1) is 0 Å². The zero-order chi connectivity index (χ0) is 11.0. The standard InChI is InChI=1S/C10H19O4/c1-4-5-6-13-9(12)14-8-10(2,3)7-11/h11H,1,4-8H2,2-3H3. The summed E-state index contributed by atoms with van der Waals surface area (Å²) in [5.41, 5.74) is -0.411. The molecule has 0 saturated carbocycles. The molecule has 0 bridgehead atoms. The van der Waals surface area contributed by atoms with Crippen LogP contribution in [0.15, 0.2) is 0 Å².